The smallest absolute Gasteiger partial charge is 0.274 e. The van der Waals surface area contributed by atoms with Crippen molar-refractivity contribution in [3.05, 3.63) is 34.1 Å². The van der Waals surface area contributed by atoms with Crippen molar-refractivity contribution in [2.24, 2.45) is 5.73 Å². The molecule has 0 atom stereocenters. The summed E-state index contributed by atoms with van der Waals surface area (Å²) in [4.78, 5) is 21.6. The quantitative estimate of drug-likeness (QED) is 0.630. The number of nitro benzene ring substituents is 1. The van der Waals surface area contributed by atoms with Crippen molar-refractivity contribution in [3.8, 4) is 0 Å². The summed E-state index contributed by atoms with van der Waals surface area (Å²) >= 11 is 0. The Kier molecular flexibility index (Phi) is 3.00. The number of hydrogen-bond acceptors (Lipinski definition) is 4. The fourth-order valence-electron chi connectivity index (χ4n) is 1.79. The molecule has 1 fully saturated rings. The normalized spacial score (nSPS) is 16.8. The number of benzene rings is 1. The van der Waals surface area contributed by atoms with E-state index in [4.69, 9.17) is 5.73 Å². The number of carbonyl (C=O) groups is 1. The van der Waals surface area contributed by atoms with E-state index in [2.05, 4.69) is 5.32 Å². The SMILES string of the molecule is NC1(C(=O)Nc2cc(F)cc([N+](=O)[O-])c2)CCC1. The first kappa shape index (κ1) is 12.4. The molecule has 0 heterocycles. The zero-order valence-corrected chi connectivity index (χ0v) is 9.48. The lowest BCUT2D eigenvalue weighted by atomic mass is 9.77. The molecule has 0 saturated heterocycles. The second-order valence-corrected chi connectivity index (χ2v) is 4.42. The van der Waals surface area contributed by atoms with E-state index < -0.39 is 27.9 Å². The van der Waals surface area contributed by atoms with Gasteiger partial charge in [0.25, 0.3) is 5.69 Å². The van der Waals surface area contributed by atoms with Crippen molar-refractivity contribution in [2.75, 3.05) is 5.32 Å². The van der Waals surface area contributed by atoms with Gasteiger partial charge in [-0.15, -0.1) is 0 Å². The number of non-ortho nitro benzene ring substituents is 1. The Bertz CT molecular complexity index is 514. The monoisotopic (exact) mass is 253 g/mol. The molecular formula is C11H12FN3O3. The molecule has 0 aromatic heterocycles. The second kappa shape index (κ2) is 4.34. The van der Waals surface area contributed by atoms with Crippen molar-refractivity contribution in [2.45, 2.75) is 24.8 Å². The molecule has 0 bridgehead atoms. The number of halogens is 1. The molecule has 0 spiro atoms. The lowest BCUT2D eigenvalue weighted by molar-refractivity contribution is -0.385. The van der Waals surface area contributed by atoms with Gasteiger partial charge in [-0.1, -0.05) is 0 Å². The zero-order valence-electron chi connectivity index (χ0n) is 9.48. The van der Waals surface area contributed by atoms with Crippen LogP contribution in [0.3, 0.4) is 0 Å². The average Bonchev–Trinajstić information content (AvgIpc) is 2.24. The van der Waals surface area contributed by atoms with Gasteiger partial charge in [-0.05, 0) is 25.3 Å². The molecule has 96 valence electrons. The predicted molar refractivity (Wildman–Crippen MR) is 62.5 cm³/mol. The maximum absolute atomic E-state index is 13.1. The van der Waals surface area contributed by atoms with Crippen LogP contribution in [-0.4, -0.2) is 16.4 Å². The number of nitrogens with zero attached hydrogens (tertiary/aromatic N) is 1. The predicted octanol–water partition coefficient (Wildman–Crippen LogP) is 1.55. The summed E-state index contributed by atoms with van der Waals surface area (Å²) in [5.41, 5.74) is 4.49. The van der Waals surface area contributed by atoms with Gasteiger partial charge in [0.05, 0.1) is 22.2 Å². The van der Waals surface area contributed by atoms with E-state index in [1.165, 1.54) is 0 Å². The summed E-state index contributed by atoms with van der Waals surface area (Å²) in [5.74, 6) is -1.21. The highest BCUT2D eigenvalue weighted by Crippen LogP contribution is 2.30. The highest BCUT2D eigenvalue weighted by molar-refractivity contribution is 5.98. The van der Waals surface area contributed by atoms with Crippen LogP contribution in [0.25, 0.3) is 0 Å². The highest BCUT2D eigenvalue weighted by Gasteiger charge is 2.40. The molecule has 3 N–H and O–H groups in total. The number of amides is 1. The number of nitrogens with one attached hydrogen (secondary N) is 1. The Balaban J connectivity index is 2.18. The lowest BCUT2D eigenvalue weighted by Gasteiger charge is -2.36. The minimum Gasteiger partial charge on any atom is -0.324 e. The van der Waals surface area contributed by atoms with E-state index in [1.54, 1.807) is 0 Å². The molecular weight excluding hydrogens is 241 g/mol. The number of anilines is 1. The van der Waals surface area contributed by atoms with E-state index in [-0.39, 0.29) is 5.69 Å². The highest BCUT2D eigenvalue weighted by atomic mass is 19.1. The number of nitro groups is 1. The molecule has 18 heavy (non-hydrogen) atoms. The van der Waals surface area contributed by atoms with Crippen LogP contribution in [0.5, 0.6) is 0 Å². The van der Waals surface area contributed by atoms with E-state index in [9.17, 15) is 19.3 Å². The van der Waals surface area contributed by atoms with Crippen LogP contribution in [0.2, 0.25) is 0 Å². The van der Waals surface area contributed by atoms with Gasteiger partial charge in [-0.2, -0.15) is 0 Å². The molecule has 1 aliphatic rings. The standard InChI is InChI=1S/C11H12FN3O3/c12-7-4-8(6-9(5-7)15(17)18)14-10(16)11(13)2-1-3-11/h4-6H,1-3,13H2,(H,14,16). The second-order valence-electron chi connectivity index (χ2n) is 4.42. The Hall–Kier alpha value is -2.02. The van der Waals surface area contributed by atoms with Crippen LogP contribution >= 0.6 is 0 Å². The maximum Gasteiger partial charge on any atom is 0.274 e. The number of nitrogens with two attached hydrogens (primary N) is 1. The molecule has 0 unspecified atom stereocenters. The van der Waals surface area contributed by atoms with Crippen LogP contribution in [0.1, 0.15) is 19.3 Å². The molecule has 2 rings (SSSR count). The molecule has 1 aliphatic carbocycles. The molecule has 7 heteroatoms. The first-order chi connectivity index (χ1) is 8.40. The Morgan fingerprint density at radius 2 is 2.11 bits per heavy atom. The van der Waals surface area contributed by atoms with Gasteiger partial charge in [0, 0.05) is 6.07 Å². The van der Waals surface area contributed by atoms with Crippen LogP contribution in [0, 0.1) is 15.9 Å². The fraction of sp³-hybridized carbons (Fsp3) is 0.364. The van der Waals surface area contributed by atoms with Crippen LogP contribution in [0.4, 0.5) is 15.8 Å². The number of carbonyl (C=O) groups excluding carboxylic acids is 1. The molecule has 1 saturated carbocycles. The Morgan fingerprint density at radius 3 is 2.61 bits per heavy atom. The van der Waals surface area contributed by atoms with Crippen LogP contribution in [0.15, 0.2) is 18.2 Å². The van der Waals surface area contributed by atoms with E-state index in [0.717, 1.165) is 24.6 Å². The minimum atomic E-state index is -0.929. The van der Waals surface area contributed by atoms with E-state index in [1.807, 2.05) is 0 Å². The number of rotatable bonds is 3. The van der Waals surface area contributed by atoms with Gasteiger partial charge in [-0.25, -0.2) is 4.39 Å². The third-order valence-electron chi connectivity index (χ3n) is 3.05. The molecule has 0 aliphatic heterocycles. The molecule has 1 aromatic rings. The Morgan fingerprint density at radius 1 is 1.44 bits per heavy atom. The zero-order chi connectivity index (χ0) is 13.3. The molecule has 6 nitrogen and oxygen atoms in total. The van der Waals surface area contributed by atoms with Gasteiger partial charge in [0.1, 0.15) is 5.82 Å². The van der Waals surface area contributed by atoms with Crippen LogP contribution in [-0.2, 0) is 4.79 Å². The molecule has 1 amide bonds. The lowest BCUT2D eigenvalue weighted by Crippen LogP contribution is -2.56. The van der Waals surface area contributed by atoms with Gasteiger partial charge in [0.15, 0.2) is 0 Å². The average molecular weight is 253 g/mol. The molecule has 0 radical (unpaired) electrons. The van der Waals surface area contributed by atoms with Crippen molar-refractivity contribution in [1.82, 2.24) is 0 Å². The fourth-order valence-corrected chi connectivity index (χ4v) is 1.79. The van der Waals surface area contributed by atoms with Crippen molar-refractivity contribution < 1.29 is 14.1 Å². The first-order valence-corrected chi connectivity index (χ1v) is 5.46. The van der Waals surface area contributed by atoms with Gasteiger partial charge >= 0.3 is 0 Å². The first-order valence-electron chi connectivity index (χ1n) is 5.46. The van der Waals surface area contributed by atoms with Crippen molar-refractivity contribution >= 4 is 17.3 Å². The van der Waals surface area contributed by atoms with E-state index in [0.29, 0.717) is 12.8 Å². The summed E-state index contributed by atoms with van der Waals surface area (Å²) in [5, 5.41) is 13.0. The summed E-state index contributed by atoms with van der Waals surface area (Å²) in [7, 11) is 0. The van der Waals surface area contributed by atoms with Crippen LogP contribution < -0.4 is 11.1 Å². The summed E-state index contributed by atoms with van der Waals surface area (Å²) in [6.45, 7) is 0. The van der Waals surface area contributed by atoms with Gasteiger partial charge in [0.2, 0.25) is 5.91 Å². The van der Waals surface area contributed by atoms with Crippen molar-refractivity contribution in [1.29, 1.82) is 0 Å². The third kappa shape index (κ3) is 2.30. The third-order valence-corrected chi connectivity index (χ3v) is 3.05. The summed E-state index contributed by atoms with van der Waals surface area (Å²) < 4.78 is 13.1. The maximum atomic E-state index is 13.1. The summed E-state index contributed by atoms with van der Waals surface area (Å²) in [6.07, 6.45) is 2.00. The molecule has 1 aromatic carbocycles. The minimum absolute atomic E-state index is 0.0448. The van der Waals surface area contributed by atoms with Gasteiger partial charge < -0.3 is 11.1 Å². The Labute approximate surface area is 102 Å². The summed E-state index contributed by atoms with van der Waals surface area (Å²) in [6, 6.07) is 2.91. The van der Waals surface area contributed by atoms with Crippen molar-refractivity contribution in [3.63, 3.8) is 0 Å². The van der Waals surface area contributed by atoms with E-state index >= 15 is 0 Å². The topological polar surface area (TPSA) is 98.3 Å². The van der Waals surface area contributed by atoms with Gasteiger partial charge in [-0.3, -0.25) is 14.9 Å². The largest absolute Gasteiger partial charge is 0.324 e. The number of hydrogen-bond donors (Lipinski definition) is 2.